The van der Waals surface area contributed by atoms with Crippen molar-refractivity contribution in [3.05, 3.63) is 72.8 Å². The summed E-state index contributed by atoms with van der Waals surface area (Å²) in [4.78, 5) is 11.0. The third-order valence-corrected chi connectivity index (χ3v) is 10.2. The first-order valence-electron chi connectivity index (χ1n) is 11.8. The number of fused-ring (bicyclic) bond motifs is 1. The molecule has 1 unspecified atom stereocenters. The number of nitrogens with one attached hydrogen (secondary N) is 1. The predicted octanol–water partition coefficient (Wildman–Crippen LogP) is 3.64. The quantitative estimate of drug-likeness (QED) is 0.0555. The summed E-state index contributed by atoms with van der Waals surface area (Å²) >= 11 is 6.01. The number of halogens is 1. The van der Waals surface area contributed by atoms with Gasteiger partial charge < -0.3 is 16.2 Å². The molecule has 0 saturated carbocycles. The first-order valence-corrected chi connectivity index (χ1v) is 16.6. The van der Waals surface area contributed by atoms with Crippen LogP contribution in [0.5, 0.6) is 5.75 Å². The largest absolute Gasteiger partial charge is 0.507 e. The van der Waals surface area contributed by atoms with Crippen LogP contribution in [0.1, 0.15) is 6.42 Å². The van der Waals surface area contributed by atoms with Crippen LogP contribution < -0.4 is 11.1 Å². The van der Waals surface area contributed by atoms with Gasteiger partial charge in [-0.1, -0.05) is 24.3 Å². The maximum Gasteiger partial charge on any atom is 0.296 e. The van der Waals surface area contributed by atoms with Crippen molar-refractivity contribution in [2.75, 3.05) is 11.1 Å². The van der Waals surface area contributed by atoms with Gasteiger partial charge in [0.05, 0.1) is 27.3 Å². The van der Waals surface area contributed by atoms with Crippen LogP contribution in [0.2, 0.25) is 0 Å². The molecule has 0 spiro atoms. The first kappa shape index (κ1) is 38.6. The molecule has 45 heavy (non-hydrogen) atoms. The summed E-state index contributed by atoms with van der Waals surface area (Å²) in [5, 5.41) is 20.5. The van der Waals surface area contributed by atoms with Gasteiger partial charge in [-0.05, 0) is 47.9 Å². The van der Waals surface area contributed by atoms with E-state index in [1.807, 2.05) is 0 Å². The van der Waals surface area contributed by atoms with E-state index in [0.29, 0.717) is 0 Å². The van der Waals surface area contributed by atoms with E-state index in [-0.39, 0.29) is 81.1 Å². The van der Waals surface area contributed by atoms with Crippen molar-refractivity contribution < 1.29 is 44.3 Å². The van der Waals surface area contributed by atoms with Crippen LogP contribution in [-0.2, 0) is 34.9 Å². The number of nitrogens with zero attached hydrogens (tertiary/aromatic N) is 2. The van der Waals surface area contributed by atoms with E-state index in [1.165, 1.54) is 42.5 Å². The van der Waals surface area contributed by atoms with Crippen LogP contribution in [0.25, 0.3) is 10.8 Å². The number of phenols is 1. The molecule has 4 rings (SSSR count). The van der Waals surface area contributed by atoms with Gasteiger partial charge in [0.1, 0.15) is 26.7 Å². The van der Waals surface area contributed by atoms with Crippen molar-refractivity contribution in [1.29, 1.82) is 0 Å². The Bertz CT molecular complexity index is 2120. The van der Waals surface area contributed by atoms with E-state index in [9.17, 15) is 44.3 Å². The Labute approximate surface area is 297 Å². The van der Waals surface area contributed by atoms with Gasteiger partial charge in [0.15, 0.2) is 9.84 Å². The van der Waals surface area contributed by atoms with E-state index in [1.54, 1.807) is 6.07 Å². The number of sulfone groups is 1. The second-order valence-corrected chi connectivity index (χ2v) is 14.6. The molecule has 0 aliphatic heterocycles. The zero-order valence-electron chi connectivity index (χ0n) is 23.5. The topological polar surface area (TPSA) is 243 Å². The minimum Gasteiger partial charge on any atom is -0.507 e. The number of amides is 1. The third kappa shape index (κ3) is 9.05. The van der Waals surface area contributed by atoms with Gasteiger partial charge in [0.2, 0.25) is 5.91 Å². The molecule has 20 heteroatoms. The molecule has 0 aromatic heterocycles. The molecule has 6 N–H and O–H groups in total. The molecular formula is C25H21ClLiN4NaO10S3. The summed E-state index contributed by atoms with van der Waals surface area (Å²) in [7, 11) is -13.7. The maximum absolute atomic E-state index is 12.6. The van der Waals surface area contributed by atoms with E-state index < -0.39 is 68.3 Å². The van der Waals surface area contributed by atoms with Crippen LogP contribution in [-0.4, -0.2) is 98.5 Å². The number of hydrogen-bond acceptors (Lipinski definition) is 11. The number of aromatic hydroxyl groups is 1. The van der Waals surface area contributed by atoms with Gasteiger partial charge in [-0.15, -0.1) is 21.8 Å². The zero-order chi connectivity index (χ0) is 31.7. The smallest absolute Gasteiger partial charge is 0.296 e. The summed E-state index contributed by atoms with van der Waals surface area (Å²) in [6, 6.07) is 14.8. The molecule has 2 radical (unpaired) electrons. The SMILES string of the molecule is Nc1ccc2cc(S(=O)(=O)O)cc(O)c2c1N=Nc1ccc(NC(=O)CC(Cl)S(=O)(=O)c2ccccc2)cc1S(=O)(=O)O.[Li].[Na]. The van der Waals surface area contributed by atoms with Gasteiger partial charge in [0.25, 0.3) is 20.2 Å². The fourth-order valence-corrected chi connectivity index (χ4v) is 6.72. The summed E-state index contributed by atoms with van der Waals surface area (Å²) in [6.07, 6.45) is -0.690. The number of benzene rings is 4. The average Bonchev–Trinajstić information content (AvgIpc) is 2.92. The van der Waals surface area contributed by atoms with E-state index >= 15 is 0 Å². The molecular weight excluding hydrogens is 678 g/mol. The van der Waals surface area contributed by atoms with Crippen molar-refractivity contribution in [3.63, 3.8) is 0 Å². The molecule has 0 bridgehead atoms. The van der Waals surface area contributed by atoms with Gasteiger partial charge in [-0.2, -0.15) is 16.8 Å². The van der Waals surface area contributed by atoms with Gasteiger partial charge in [-0.3, -0.25) is 13.9 Å². The van der Waals surface area contributed by atoms with Crippen LogP contribution in [0.3, 0.4) is 0 Å². The Kier molecular flexibility index (Phi) is 12.8. The predicted molar refractivity (Wildman–Crippen MR) is 168 cm³/mol. The number of anilines is 2. The zero-order valence-corrected chi connectivity index (χ0v) is 28.7. The minimum absolute atomic E-state index is 0. The number of hydrogen-bond donors (Lipinski definition) is 5. The fraction of sp³-hybridized carbons (Fsp3) is 0.0800. The molecule has 1 atom stereocenters. The monoisotopic (exact) mass is 698 g/mol. The number of carbonyl (C=O) groups is 1. The van der Waals surface area contributed by atoms with E-state index in [2.05, 4.69) is 15.5 Å². The number of rotatable bonds is 9. The number of alkyl halides is 1. The van der Waals surface area contributed by atoms with Crippen molar-refractivity contribution in [2.24, 2.45) is 10.2 Å². The molecule has 0 aliphatic rings. The summed E-state index contributed by atoms with van der Waals surface area (Å²) in [5.41, 5.74) is 5.13. The summed E-state index contributed by atoms with van der Waals surface area (Å²) in [6.45, 7) is 0. The summed E-state index contributed by atoms with van der Waals surface area (Å²) < 4.78 is 90.0. The molecule has 228 valence electrons. The molecule has 1 amide bonds. The molecule has 4 aromatic carbocycles. The second-order valence-electron chi connectivity index (χ2n) is 8.90. The second kappa shape index (κ2) is 14.9. The normalized spacial score (nSPS) is 12.7. The Morgan fingerprint density at radius 1 is 0.867 bits per heavy atom. The standard InChI is InChI=1S/C25H21ClN4O10S3.Li.Na/c26-22(41(33,34)16-4-2-1-3-5-16)13-23(32)28-15-7-9-19(21(11-15)43(38,39)40)29-30-25-18(27)8-6-14-10-17(42(35,36)37)12-20(31)24(14)25;;/h1-12,22,31H,13,27H2,(H,28,32)(H,35,36,37)(H,38,39,40);;. The number of nitrogen functional groups attached to an aromatic ring is 1. The molecule has 0 aliphatic carbocycles. The third-order valence-electron chi connectivity index (χ3n) is 5.91. The Balaban J connectivity index is 0.00000353. The fourth-order valence-electron chi connectivity index (χ4n) is 3.88. The molecule has 4 aromatic rings. The van der Waals surface area contributed by atoms with Crippen LogP contribution in [0, 0.1) is 0 Å². The Morgan fingerprint density at radius 3 is 2.11 bits per heavy atom. The molecule has 0 fully saturated rings. The summed E-state index contributed by atoms with van der Waals surface area (Å²) in [5.74, 6) is -1.51. The van der Waals surface area contributed by atoms with Crippen molar-refractivity contribution >= 4 is 130 Å². The maximum atomic E-state index is 12.6. The van der Waals surface area contributed by atoms with Crippen LogP contribution in [0.15, 0.2) is 97.7 Å². The van der Waals surface area contributed by atoms with Crippen LogP contribution >= 0.6 is 11.6 Å². The van der Waals surface area contributed by atoms with Gasteiger partial charge in [-0.25, -0.2) is 8.42 Å². The van der Waals surface area contributed by atoms with Gasteiger partial charge in [0, 0.05) is 60.2 Å². The number of carbonyl (C=O) groups excluding carboxylic acids is 1. The molecule has 0 heterocycles. The first-order chi connectivity index (χ1) is 20.0. The Hall–Kier alpha value is -2.53. The van der Waals surface area contributed by atoms with Crippen molar-refractivity contribution in [2.45, 2.75) is 25.8 Å². The van der Waals surface area contributed by atoms with Crippen molar-refractivity contribution in [1.82, 2.24) is 0 Å². The van der Waals surface area contributed by atoms with Crippen molar-refractivity contribution in [3.8, 4) is 5.75 Å². The minimum atomic E-state index is -4.96. The van der Waals surface area contributed by atoms with Gasteiger partial charge >= 0.3 is 0 Å². The molecule has 0 saturated heterocycles. The van der Waals surface area contributed by atoms with E-state index in [0.717, 1.165) is 24.3 Å². The number of phenolic OH excluding ortho intramolecular Hbond substituents is 1. The number of azo groups is 1. The van der Waals surface area contributed by atoms with Crippen LogP contribution in [0.4, 0.5) is 22.7 Å². The Morgan fingerprint density at radius 2 is 1.51 bits per heavy atom. The average molecular weight is 699 g/mol. The van der Waals surface area contributed by atoms with E-state index in [4.69, 9.17) is 17.3 Å². The molecule has 14 nitrogen and oxygen atoms in total. The number of nitrogens with two attached hydrogens (primary N) is 1.